The number of sulfone groups is 1. The Morgan fingerprint density at radius 1 is 1.29 bits per heavy atom. The molecule has 24 heavy (non-hydrogen) atoms. The SMILES string of the molecule is C#CCN(CC(=O)Nc1cc(Cl)c(Cl)cc1Cl)C1CCS(=O)(=O)C1. The van der Waals surface area contributed by atoms with E-state index >= 15 is 0 Å². The van der Waals surface area contributed by atoms with Crippen molar-refractivity contribution in [3.63, 3.8) is 0 Å². The summed E-state index contributed by atoms with van der Waals surface area (Å²) in [5, 5.41) is 3.44. The lowest BCUT2D eigenvalue weighted by molar-refractivity contribution is -0.117. The van der Waals surface area contributed by atoms with Gasteiger partial charge in [-0.25, -0.2) is 8.42 Å². The number of hydrogen-bond donors (Lipinski definition) is 1. The molecule has 1 heterocycles. The van der Waals surface area contributed by atoms with Crippen LogP contribution >= 0.6 is 34.8 Å². The quantitative estimate of drug-likeness (QED) is 0.600. The second kappa shape index (κ2) is 7.94. The Morgan fingerprint density at radius 2 is 1.96 bits per heavy atom. The Bertz CT molecular complexity index is 790. The molecule has 0 aliphatic carbocycles. The van der Waals surface area contributed by atoms with Crippen molar-refractivity contribution in [3.05, 3.63) is 27.2 Å². The zero-order valence-electron chi connectivity index (χ0n) is 12.6. The fraction of sp³-hybridized carbons (Fsp3) is 0.400. The second-order valence-corrected chi connectivity index (χ2v) is 8.91. The number of benzene rings is 1. The van der Waals surface area contributed by atoms with Gasteiger partial charge >= 0.3 is 0 Å². The smallest absolute Gasteiger partial charge is 0.238 e. The molecule has 130 valence electrons. The molecule has 1 saturated heterocycles. The minimum absolute atomic E-state index is 0.00941. The van der Waals surface area contributed by atoms with E-state index < -0.39 is 9.84 Å². The number of rotatable bonds is 5. The normalized spacial score (nSPS) is 19.2. The van der Waals surface area contributed by atoms with Crippen LogP contribution in [0.2, 0.25) is 15.1 Å². The number of carbonyl (C=O) groups is 1. The van der Waals surface area contributed by atoms with Crippen molar-refractivity contribution < 1.29 is 13.2 Å². The van der Waals surface area contributed by atoms with Crippen molar-refractivity contribution >= 4 is 56.2 Å². The predicted molar refractivity (Wildman–Crippen MR) is 97.6 cm³/mol. The number of anilines is 1. The highest BCUT2D eigenvalue weighted by molar-refractivity contribution is 7.91. The highest BCUT2D eigenvalue weighted by Gasteiger charge is 2.32. The van der Waals surface area contributed by atoms with E-state index in [2.05, 4.69) is 11.2 Å². The summed E-state index contributed by atoms with van der Waals surface area (Å²) >= 11 is 17.8. The van der Waals surface area contributed by atoms with Gasteiger partial charge < -0.3 is 5.32 Å². The first-order valence-electron chi connectivity index (χ1n) is 7.04. The molecule has 0 saturated carbocycles. The van der Waals surface area contributed by atoms with Crippen LogP contribution in [0.15, 0.2) is 12.1 Å². The third kappa shape index (κ3) is 5.01. The molecule has 2 rings (SSSR count). The van der Waals surface area contributed by atoms with Crippen LogP contribution in [0.3, 0.4) is 0 Å². The Hall–Kier alpha value is -0.970. The van der Waals surface area contributed by atoms with Crippen molar-refractivity contribution in [3.8, 4) is 12.3 Å². The fourth-order valence-corrected chi connectivity index (χ4v) is 4.84. The van der Waals surface area contributed by atoms with Crippen LogP contribution in [-0.2, 0) is 14.6 Å². The fourth-order valence-electron chi connectivity index (χ4n) is 2.49. The lowest BCUT2D eigenvalue weighted by Gasteiger charge is -2.25. The van der Waals surface area contributed by atoms with Crippen molar-refractivity contribution in [2.24, 2.45) is 0 Å². The molecule has 0 bridgehead atoms. The van der Waals surface area contributed by atoms with Crippen molar-refractivity contribution in [2.75, 3.05) is 29.9 Å². The lowest BCUT2D eigenvalue weighted by Crippen LogP contribution is -2.41. The predicted octanol–water partition coefficient (Wildman–Crippen LogP) is 2.71. The highest BCUT2D eigenvalue weighted by atomic mass is 35.5. The molecule has 1 N–H and O–H groups in total. The average molecular weight is 410 g/mol. The summed E-state index contributed by atoms with van der Waals surface area (Å²) in [6.07, 6.45) is 5.79. The molecule has 1 aliphatic rings. The van der Waals surface area contributed by atoms with Crippen LogP contribution < -0.4 is 5.32 Å². The molecule has 9 heteroatoms. The van der Waals surface area contributed by atoms with Crippen LogP contribution in [0.4, 0.5) is 5.69 Å². The first-order valence-corrected chi connectivity index (χ1v) is 9.99. The lowest BCUT2D eigenvalue weighted by atomic mass is 10.2. The van der Waals surface area contributed by atoms with Gasteiger partial charge in [-0.15, -0.1) is 6.42 Å². The number of carbonyl (C=O) groups excluding carboxylic acids is 1. The number of halogens is 3. The highest BCUT2D eigenvalue weighted by Crippen LogP contribution is 2.32. The van der Waals surface area contributed by atoms with E-state index in [0.29, 0.717) is 12.1 Å². The zero-order chi connectivity index (χ0) is 17.9. The molecule has 5 nitrogen and oxygen atoms in total. The van der Waals surface area contributed by atoms with Crippen LogP contribution in [-0.4, -0.2) is 49.9 Å². The van der Waals surface area contributed by atoms with Crippen molar-refractivity contribution in [1.29, 1.82) is 0 Å². The third-order valence-corrected chi connectivity index (χ3v) is 6.44. The van der Waals surface area contributed by atoms with Gasteiger partial charge in [-0.05, 0) is 18.6 Å². The number of nitrogens with one attached hydrogen (secondary N) is 1. The number of terminal acetylenes is 1. The van der Waals surface area contributed by atoms with Gasteiger partial charge in [-0.1, -0.05) is 40.7 Å². The van der Waals surface area contributed by atoms with Crippen molar-refractivity contribution in [2.45, 2.75) is 12.5 Å². The minimum Gasteiger partial charge on any atom is -0.324 e. The molecular formula is C15H15Cl3N2O3S. The Labute approximate surface area is 156 Å². The summed E-state index contributed by atoms with van der Waals surface area (Å²) in [7, 11) is -3.07. The average Bonchev–Trinajstić information content (AvgIpc) is 2.84. The number of hydrogen-bond acceptors (Lipinski definition) is 4. The van der Waals surface area contributed by atoms with Crippen LogP contribution in [0, 0.1) is 12.3 Å². The van der Waals surface area contributed by atoms with E-state index in [4.69, 9.17) is 41.2 Å². The minimum atomic E-state index is -3.07. The summed E-state index contributed by atoms with van der Waals surface area (Å²) in [5.74, 6) is 2.21. The monoisotopic (exact) mass is 408 g/mol. The topological polar surface area (TPSA) is 66.5 Å². The van der Waals surface area contributed by atoms with Gasteiger partial charge in [0.15, 0.2) is 9.84 Å². The maximum atomic E-state index is 12.3. The van der Waals surface area contributed by atoms with Crippen molar-refractivity contribution in [1.82, 2.24) is 4.90 Å². The number of nitrogens with zero attached hydrogens (tertiary/aromatic N) is 1. The summed E-state index contributed by atoms with van der Waals surface area (Å²) < 4.78 is 23.2. The van der Waals surface area contributed by atoms with Crippen LogP contribution in [0.25, 0.3) is 0 Å². The summed E-state index contributed by atoms with van der Waals surface area (Å²) in [6, 6.07) is 2.63. The van der Waals surface area contributed by atoms with Gasteiger partial charge in [0.05, 0.1) is 45.4 Å². The van der Waals surface area contributed by atoms with E-state index in [9.17, 15) is 13.2 Å². The number of amides is 1. The summed E-state index contributed by atoms with van der Waals surface area (Å²) in [4.78, 5) is 13.9. The standard InChI is InChI=1S/C15H15Cl3N2O3S/c1-2-4-20(10-3-5-24(22,23)9-10)8-15(21)19-14-7-12(17)11(16)6-13(14)18/h1,6-7,10H,3-5,8-9H2,(H,19,21). The molecule has 0 radical (unpaired) electrons. The van der Waals surface area contributed by atoms with Crippen LogP contribution in [0.1, 0.15) is 6.42 Å². The Morgan fingerprint density at radius 3 is 2.54 bits per heavy atom. The third-order valence-electron chi connectivity index (χ3n) is 3.65. The second-order valence-electron chi connectivity index (χ2n) is 5.46. The van der Waals surface area contributed by atoms with E-state index in [1.807, 2.05) is 0 Å². The van der Waals surface area contributed by atoms with Gasteiger partial charge in [0, 0.05) is 6.04 Å². The van der Waals surface area contributed by atoms with Gasteiger partial charge in [-0.2, -0.15) is 0 Å². The zero-order valence-corrected chi connectivity index (χ0v) is 15.6. The first-order chi connectivity index (χ1) is 11.2. The van der Waals surface area contributed by atoms with Gasteiger partial charge in [0.1, 0.15) is 0 Å². The molecule has 1 aromatic rings. The molecule has 0 aromatic heterocycles. The van der Waals surface area contributed by atoms with E-state index in [1.165, 1.54) is 12.1 Å². The molecule has 1 atom stereocenters. The molecule has 1 aromatic carbocycles. The maximum absolute atomic E-state index is 12.3. The molecule has 0 spiro atoms. The van der Waals surface area contributed by atoms with Crippen LogP contribution in [0.5, 0.6) is 0 Å². The summed E-state index contributed by atoms with van der Waals surface area (Å²) in [5.41, 5.74) is 0.329. The van der Waals surface area contributed by atoms with E-state index in [-0.39, 0.29) is 51.6 Å². The molecule has 1 aliphatic heterocycles. The molecule has 1 unspecified atom stereocenters. The summed E-state index contributed by atoms with van der Waals surface area (Å²) in [6.45, 7) is 0.143. The van der Waals surface area contributed by atoms with E-state index in [0.717, 1.165) is 0 Å². The van der Waals surface area contributed by atoms with Gasteiger partial charge in [0.2, 0.25) is 5.91 Å². The van der Waals surface area contributed by atoms with Gasteiger partial charge in [-0.3, -0.25) is 9.69 Å². The largest absolute Gasteiger partial charge is 0.324 e. The van der Waals surface area contributed by atoms with Gasteiger partial charge in [0.25, 0.3) is 0 Å². The molecular weight excluding hydrogens is 395 g/mol. The molecule has 1 amide bonds. The maximum Gasteiger partial charge on any atom is 0.238 e. The first kappa shape index (κ1) is 19.4. The Balaban J connectivity index is 2.06. The molecule has 1 fully saturated rings. The van der Waals surface area contributed by atoms with E-state index in [1.54, 1.807) is 4.90 Å². The Kier molecular flexibility index (Phi) is 6.40.